The molecule has 0 N–H and O–H groups in total. The Hall–Kier alpha value is -2.05. The van der Waals surface area contributed by atoms with Crippen LogP contribution in [0, 0.1) is 0 Å². The predicted octanol–water partition coefficient (Wildman–Crippen LogP) is 3.35. The molecule has 2 aliphatic heterocycles. The number of rotatable bonds is 3. The van der Waals surface area contributed by atoms with E-state index in [1.807, 2.05) is 24.3 Å². The lowest BCUT2D eigenvalue weighted by Gasteiger charge is -2.36. The van der Waals surface area contributed by atoms with Gasteiger partial charge in [-0.25, -0.2) is 9.97 Å². The minimum absolute atomic E-state index is 0.137. The summed E-state index contributed by atoms with van der Waals surface area (Å²) in [6.07, 6.45) is 3.79. The molecule has 0 atom stereocenters. The van der Waals surface area contributed by atoms with E-state index in [-0.39, 0.29) is 5.91 Å². The minimum Gasteiger partial charge on any atom is -0.367 e. The summed E-state index contributed by atoms with van der Waals surface area (Å²) in [6.45, 7) is 4.48. The number of hydrogen-bond acceptors (Lipinski definition) is 5. The summed E-state index contributed by atoms with van der Waals surface area (Å²) >= 11 is 12.5. The van der Waals surface area contributed by atoms with Crippen LogP contribution in [0.15, 0.2) is 30.5 Å². The largest absolute Gasteiger partial charge is 0.367 e. The molecule has 4 rings (SSSR count). The smallest absolute Gasteiger partial charge is 0.274 e. The van der Waals surface area contributed by atoms with Crippen LogP contribution in [0.2, 0.25) is 10.0 Å². The van der Waals surface area contributed by atoms with Gasteiger partial charge in [-0.2, -0.15) is 0 Å². The van der Waals surface area contributed by atoms with Crippen molar-refractivity contribution in [2.24, 2.45) is 0 Å². The fourth-order valence-corrected chi connectivity index (χ4v) is 4.01. The number of halogens is 2. The van der Waals surface area contributed by atoms with Crippen molar-refractivity contribution in [3.63, 3.8) is 0 Å². The molecule has 6 nitrogen and oxygen atoms in total. The molecule has 1 amide bonds. The fourth-order valence-electron chi connectivity index (χ4n) is 3.59. The third-order valence-corrected chi connectivity index (χ3v) is 5.68. The van der Waals surface area contributed by atoms with Gasteiger partial charge in [-0.3, -0.25) is 4.79 Å². The Labute approximate surface area is 168 Å². The van der Waals surface area contributed by atoms with E-state index in [1.54, 1.807) is 4.90 Å². The number of aromatic nitrogens is 2. The van der Waals surface area contributed by atoms with E-state index < -0.39 is 0 Å². The molecule has 142 valence electrons. The quantitative estimate of drug-likeness (QED) is 0.783. The van der Waals surface area contributed by atoms with Crippen LogP contribution >= 0.6 is 23.2 Å². The highest BCUT2D eigenvalue weighted by molar-refractivity contribution is 6.33. The molecule has 2 fully saturated rings. The van der Waals surface area contributed by atoms with Crippen LogP contribution in [0.5, 0.6) is 0 Å². The summed E-state index contributed by atoms with van der Waals surface area (Å²) in [7, 11) is 0. The van der Waals surface area contributed by atoms with E-state index in [0.717, 1.165) is 49.7 Å². The molecule has 0 radical (unpaired) electrons. The van der Waals surface area contributed by atoms with Crippen molar-refractivity contribution in [3.8, 4) is 0 Å². The van der Waals surface area contributed by atoms with E-state index in [0.29, 0.717) is 29.8 Å². The molecule has 0 unspecified atom stereocenters. The van der Waals surface area contributed by atoms with Crippen LogP contribution in [0.1, 0.15) is 23.3 Å². The van der Waals surface area contributed by atoms with Gasteiger partial charge >= 0.3 is 0 Å². The molecular formula is C19H21Cl2N5O. The maximum absolute atomic E-state index is 13.0. The van der Waals surface area contributed by atoms with Gasteiger partial charge in [0.25, 0.3) is 5.91 Å². The summed E-state index contributed by atoms with van der Waals surface area (Å²) in [6, 6.07) is 7.78. The molecule has 0 saturated carbocycles. The molecule has 0 bridgehead atoms. The Balaban J connectivity index is 1.46. The summed E-state index contributed by atoms with van der Waals surface area (Å²) in [5.41, 5.74) is 1.29. The highest BCUT2D eigenvalue weighted by Crippen LogP contribution is 2.27. The zero-order valence-electron chi connectivity index (χ0n) is 14.9. The van der Waals surface area contributed by atoms with Gasteiger partial charge < -0.3 is 14.7 Å². The number of hydrogen-bond donors (Lipinski definition) is 0. The van der Waals surface area contributed by atoms with Crippen molar-refractivity contribution >= 4 is 40.7 Å². The Bertz CT molecular complexity index is 833. The molecule has 3 heterocycles. The lowest BCUT2D eigenvalue weighted by atomic mass is 10.2. The predicted molar refractivity (Wildman–Crippen MR) is 108 cm³/mol. The minimum atomic E-state index is -0.137. The zero-order chi connectivity index (χ0) is 18.8. The van der Waals surface area contributed by atoms with Crippen LogP contribution in [-0.4, -0.2) is 60.0 Å². The molecule has 0 spiro atoms. The van der Waals surface area contributed by atoms with E-state index in [2.05, 4.69) is 19.8 Å². The number of carbonyl (C=O) groups excluding carboxylic acids is 1. The van der Waals surface area contributed by atoms with Gasteiger partial charge in [-0.1, -0.05) is 35.3 Å². The lowest BCUT2D eigenvalue weighted by Crippen LogP contribution is -2.49. The summed E-state index contributed by atoms with van der Waals surface area (Å²) in [5, 5.41) is 1.03. The SMILES string of the molecule is O=C(c1nc(N2CCCC2)ncc1Cl)N1CCN(c2ccccc2Cl)CC1. The lowest BCUT2D eigenvalue weighted by molar-refractivity contribution is 0.0741. The van der Waals surface area contributed by atoms with Gasteiger partial charge in [-0.05, 0) is 25.0 Å². The zero-order valence-corrected chi connectivity index (χ0v) is 16.5. The van der Waals surface area contributed by atoms with Crippen molar-refractivity contribution in [1.29, 1.82) is 0 Å². The number of piperazine rings is 1. The molecule has 2 saturated heterocycles. The van der Waals surface area contributed by atoms with Gasteiger partial charge in [0.15, 0.2) is 5.69 Å². The normalized spacial score (nSPS) is 17.5. The number of carbonyl (C=O) groups is 1. The van der Waals surface area contributed by atoms with Crippen molar-refractivity contribution in [1.82, 2.24) is 14.9 Å². The van der Waals surface area contributed by atoms with Crippen LogP contribution in [0.25, 0.3) is 0 Å². The molecule has 0 aliphatic carbocycles. The third-order valence-electron chi connectivity index (χ3n) is 5.08. The average molecular weight is 406 g/mol. The first-order valence-electron chi connectivity index (χ1n) is 9.20. The second-order valence-corrected chi connectivity index (χ2v) is 7.61. The van der Waals surface area contributed by atoms with Crippen LogP contribution in [0.4, 0.5) is 11.6 Å². The van der Waals surface area contributed by atoms with E-state index in [1.165, 1.54) is 6.20 Å². The molecule has 1 aromatic heterocycles. The number of nitrogens with zero attached hydrogens (tertiary/aromatic N) is 5. The first-order valence-corrected chi connectivity index (χ1v) is 9.95. The number of benzene rings is 1. The van der Waals surface area contributed by atoms with Crippen LogP contribution < -0.4 is 9.80 Å². The Kier molecular flexibility index (Phi) is 5.36. The van der Waals surface area contributed by atoms with Crippen molar-refractivity contribution in [2.45, 2.75) is 12.8 Å². The Morgan fingerprint density at radius 2 is 1.59 bits per heavy atom. The standard InChI is InChI=1S/C19H21Cl2N5O/c20-14-5-1-2-6-16(14)24-9-11-25(12-10-24)18(27)17-15(21)13-22-19(23-17)26-7-3-4-8-26/h1-2,5-6,13H,3-4,7-12H2. The second-order valence-electron chi connectivity index (χ2n) is 6.79. The number of anilines is 2. The van der Waals surface area contributed by atoms with Crippen molar-refractivity contribution < 1.29 is 4.79 Å². The van der Waals surface area contributed by atoms with Gasteiger partial charge in [0, 0.05) is 39.3 Å². The molecule has 2 aliphatic rings. The Morgan fingerprint density at radius 3 is 2.30 bits per heavy atom. The summed E-state index contributed by atoms with van der Waals surface area (Å²) in [4.78, 5) is 27.9. The second kappa shape index (κ2) is 7.90. The van der Waals surface area contributed by atoms with Gasteiger partial charge in [0.2, 0.25) is 5.95 Å². The highest BCUT2D eigenvalue weighted by atomic mass is 35.5. The van der Waals surface area contributed by atoms with Gasteiger partial charge in [0.05, 0.1) is 21.9 Å². The number of amides is 1. The molecule has 27 heavy (non-hydrogen) atoms. The van der Waals surface area contributed by atoms with Crippen LogP contribution in [0.3, 0.4) is 0 Å². The topological polar surface area (TPSA) is 52.6 Å². The summed E-state index contributed by atoms with van der Waals surface area (Å²) < 4.78 is 0. The van der Waals surface area contributed by atoms with Gasteiger partial charge in [-0.15, -0.1) is 0 Å². The summed E-state index contributed by atoms with van der Waals surface area (Å²) in [5.74, 6) is 0.455. The highest BCUT2D eigenvalue weighted by Gasteiger charge is 2.27. The van der Waals surface area contributed by atoms with E-state index in [9.17, 15) is 4.79 Å². The third kappa shape index (κ3) is 3.82. The molecule has 2 aromatic rings. The van der Waals surface area contributed by atoms with Gasteiger partial charge in [0.1, 0.15) is 0 Å². The molecule has 1 aromatic carbocycles. The first kappa shape index (κ1) is 18.3. The van der Waals surface area contributed by atoms with Crippen LogP contribution in [-0.2, 0) is 0 Å². The monoisotopic (exact) mass is 405 g/mol. The van der Waals surface area contributed by atoms with E-state index >= 15 is 0 Å². The van der Waals surface area contributed by atoms with Crippen molar-refractivity contribution in [3.05, 3.63) is 46.2 Å². The maximum atomic E-state index is 13.0. The van der Waals surface area contributed by atoms with Crippen molar-refractivity contribution in [2.75, 3.05) is 49.1 Å². The Morgan fingerprint density at radius 1 is 0.889 bits per heavy atom. The molecule has 8 heteroatoms. The molecular weight excluding hydrogens is 385 g/mol. The van der Waals surface area contributed by atoms with E-state index in [4.69, 9.17) is 23.2 Å². The number of para-hydroxylation sites is 1. The fraction of sp³-hybridized carbons (Fsp3) is 0.421. The maximum Gasteiger partial charge on any atom is 0.274 e. The first-order chi connectivity index (χ1) is 13.1. The average Bonchev–Trinajstić information content (AvgIpc) is 3.23.